The van der Waals surface area contributed by atoms with Gasteiger partial charge in [-0.2, -0.15) is 10.0 Å². The number of halogens is 1. The van der Waals surface area contributed by atoms with Crippen LogP contribution in [0.3, 0.4) is 0 Å². The Kier molecular flexibility index (Phi) is 5.16. The summed E-state index contributed by atoms with van der Waals surface area (Å²) in [6, 6.07) is 16.7. The number of aryl methyl sites for hydroxylation is 1. The lowest BCUT2D eigenvalue weighted by atomic mass is 10.0. The molecule has 4 aromatic rings. The van der Waals surface area contributed by atoms with Crippen molar-refractivity contribution in [3.63, 3.8) is 0 Å². The van der Waals surface area contributed by atoms with Gasteiger partial charge in [-0.15, -0.1) is 5.10 Å². The van der Waals surface area contributed by atoms with E-state index >= 15 is 0 Å². The molecule has 2 aromatic carbocycles. The number of carbonyl (C=O) groups is 1. The van der Waals surface area contributed by atoms with Gasteiger partial charge in [0.05, 0.1) is 12.6 Å². The van der Waals surface area contributed by atoms with Gasteiger partial charge in [-0.3, -0.25) is 4.84 Å². The van der Waals surface area contributed by atoms with Gasteiger partial charge in [0, 0.05) is 28.9 Å². The van der Waals surface area contributed by atoms with Crippen LogP contribution in [0.15, 0.2) is 60.8 Å². The highest BCUT2D eigenvalue weighted by Gasteiger charge is 2.32. The molecule has 0 radical (unpaired) electrons. The van der Waals surface area contributed by atoms with E-state index < -0.39 is 0 Å². The van der Waals surface area contributed by atoms with E-state index in [1.807, 2.05) is 67.7 Å². The third kappa shape index (κ3) is 3.86. The summed E-state index contributed by atoms with van der Waals surface area (Å²) in [6.45, 7) is 2.42. The van der Waals surface area contributed by atoms with Crippen LogP contribution in [0.4, 0.5) is 16.4 Å². The van der Waals surface area contributed by atoms with Crippen molar-refractivity contribution in [3.8, 4) is 11.1 Å². The first-order chi connectivity index (χ1) is 15.5. The quantitative estimate of drug-likeness (QED) is 0.466. The van der Waals surface area contributed by atoms with Gasteiger partial charge in [0.2, 0.25) is 5.95 Å². The number of hydrogen-bond acceptors (Lipinski definition) is 5. The van der Waals surface area contributed by atoms with Crippen LogP contribution < -0.4 is 11.1 Å². The fourth-order valence-electron chi connectivity index (χ4n) is 3.83. The number of pyridine rings is 1. The average Bonchev–Trinajstić information content (AvgIpc) is 3.41. The number of nitrogens with two attached hydrogens (primary N) is 1. The van der Waals surface area contributed by atoms with Crippen molar-refractivity contribution in [2.24, 2.45) is 0 Å². The van der Waals surface area contributed by atoms with Gasteiger partial charge in [-0.1, -0.05) is 35.9 Å². The van der Waals surface area contributed by atoms with E-state index in [9.17, 15) is 4.79 Å². The molecule has 0 saturated carbocycles. The summed E-state index contributed by atoms with van der Waals surface area (Å²) in [5.74, 6) is 0.222. The molecule has 1 aliphatic heterocycles. The second-order valence-corrected chi connectivity index (χ2v) is 8.10. The van der Waals surface area contributed by atoms with E-state index in [0.717, 1.165) is 28.7 Å². The number of benzene rings is 2. The lowest BCUT2D eigenvalue weighted by Crippen LogP contribution is -2.33. The predicted octanol–water partition coefficient (Wildman–Crippen LogP) is 4.85. The molecule has 1 atom stereocenters. The van der Waals surface area contributed by atoms with E-state index in [-0.39, 0.29) is 18.0 Å². The molecular formula is C23H21ClN6O2. The largest absolute Gasteiger partial charge is 0.366 e. The minimum Gasteiger partial charge on any atom is -0.366 e. The molecule has 1 unspecified atom stereocenters. The zero-order chi connectivity index (χ0) is 22.2. The van der Waals surface area contributed by atoms with Crippen molar-refractivity contribution in [2.75, 3.05) is 17.7 Å². The molecule has 8 nitrogen and oxygen atoms in total. The molecule has 2 aromatic heterocycles. The van der Waals surface area contributed by atoms with Gasteiger partial charge in [-0.05, 0) is 53.9 Å². The standard InChI is InChI=1S/C23H21ClN6O2/c1-14-2-3-16(17-6-9-21-27-22(25)28-29(21)13-17)12-19(14)26-23(31)30-20(10-11-32-30)15-4-7-18(24)8-5-15/h2-9,12-13,20H,10-11H2,1H3,(H2,25,28)(H,26,31). The van der Waals surface area contributed by atoms with E-state index in [4.69, 9.17) is 22.2 Å². The van der Waals surface area contributed by atoms with Crippen LogP contribution in [-0.2, 0) is 4.84 Å². The van der Waals surface area contributed by atoms with Gasteiger partial charge >= 0.3 is 6.03 Å². The maximum absolute atomic E-state index is 13.1. The Morgan fingerprint density at radius 3 is 2.75 bits per heavy atom. The summed E-state index contributed by atoms with van der Waals surface area (Å²) in [7, 11) is 0. The van der Waals surface area contributed by atoms with Gasteiger partial charge in [0.25, 0.3) is 0 Å². The van der Waals surface area contributed by atoms with Gasteiger partial charge in [-0.25, -0.2) is 9.31 Å². The lowest BCUT2D eigenvalue weighted by Gasteiger charge is -2.23. The fraction of sp³-hybridized carbons (Fsp3) is 0.174. The number of urea groups is 1. The SMILES string of the molecule is Cc1ccc(-c2ccc3nc(N)nn3c2)cc1NC(=O)N1OCCC1c1ccc(Cl)cc1. The molecule has 2 amide bonds. The number of hydrogen-bond donors (Lipinski definition) is 2. The summed E-state index contributed by atoms with van der Waals surface area (Å²) in [5, 5.41) is 9.22. The van der Waals surface area contributed by atoms with Gasteiger partial charge in [0.1, 0.15) is 0 Å². The number of anilines is 2. The monoisotopic (exact) mass is 448 g/mol. The fourth-order valence-corrected chi connectivity index (χ4v) is 3.96. The first-order valence-electron chi connectivity index (χ1n) is 10.2. The molecular weight excluding hydrogens is 428 g/mol. The third-order valence-corrected chi connectivity index (χ3v) is 5.77. The molecule has 5 rings (SSSR count). The normalized spacial score (nSPS) is 15.9. The minimum absolute atomic E-state index is 0.170. The maximum atomic E-state index is 13.1. The number of fused-ring (bicyclic) bond motifs is 1. The van der Waals surface area contributed by atoms with E-state index in [1.54, 1.807) is 4.52 Å². The molecule has 1 saturated heterocycles. The highest BCUT2D eigenvalue weighted by molar-refractivity contribution is 6.30. The number of nitrogens with one attached hydrogen (secondary N) is 1. The molecule has 1 aliphatic rings. The van der Waals surface area contributed by atoms with E-state index in [0.29, 0.717) is 23.0 Å². The number of nitrogens with zero attached hydrogens (tertiary/aromatic N) is 4. The summed E-state index contributed by atoms with van der Waals surface area (Å²) in [6.07, 6.45) is 2.57. The van der Waals surface area contributed by atoms with Crippen LogP contribution in [0.2, 0.25) is 5.02 Å². The molecule has 9 heteroatoms. The minimum atomic E-state index is -0.317. The van der Waals surface area contributed by atoms with Crippen LogP contribution >= 0.6 is 11.6 Å². The molecule has 32 heavy (non-hydrogen) atoms. The Morgan fingerprint density at radius 1 is 1.16 bits per heavy atom. The van der Waals surface area contributed by atoms with Crippen LogP contribution in [-0.4, -0.2) is 32.3 Å². The van der Waals surface area contributed by atoms with Crippen molar-refractivity contribution in [3.05, 3.63) is 76.9 Å². The van der Waals surface area contributed by atoms with Crippen molar-refractivity contribution < 1.29 is 9.63 Å². The second-order valence-electron chi connectivity index (χ2n) is 7.67. The van der Waals surface area contributed by atoms with Gasteiger partial charge < -0.3 is 11.1 Å². The molecule has 1 fully saturated rings. The van der Waals surface area contributed by atoms with E-state index in [2.05, 4.69) is 15.4 Å². The van der Waals surface area contributed by atoms with Crippen LogP contribution in [0, 0.1) is 6.92 Å². The van der Waals surface area contributed by atoms with Crippen molar-refractivity contribution >= 4 is 34.9 Å². The molecule has 0 aliphatic carbocycles. The summed E-state index contributed by atoms with van der Waals surface area (Å²) in [5.41, 5.74) is 10.8. The van der Waals surface area contributed by atoms with Crippen molar-refractivity contribution in [1.29, 1.82) is 0 Å². The molecule has 0 bridgehead atoms. The Hall–Kier alpha value is -3.62. The van der Waals surface area contributed by atoms with Crippen LogP contribution in [0.1, 0.15) is 23.6 Å². The zero-order valence-electron chi connectivity index (χ0n) is 17.3. The van der Waals surface area contributed by atoms with E-state index in [1.165, 1.54) is 5.06 Å². The average molecular weight is 449 g/mol. The first kappa shape index (κ1) is 20.3. The second kappa shape index (κ2) is 8.14. The van der Waals surface area contributed by atoms with Crippen molar-refractivity contribution in [2.45, 2.75) is 19.4 Å². The number of nitrogen functional groups attached to an aromatic ring is 1. The third-order valence-electron chi connectivity index (χ3n) is 5.52. The smallest absolute Gasteiger partial charge is 0.346 e. The Bertz CT molecular complexity index is 1300. The molecule has 162 valence electrons. The highest BCUT2D eigenvalue weighted by atomic mass is 35.5. The molecule has 3 heterocycles. The Balaban J connectivity index is 1.39. The highest BCUT2D eigenvalue weighted by Crippen LogP contribution is 2.32. The van der Waals surface area contributed by atoms with Crippen LogP contribution in [0.5, 0.6) is 0 Å². The number of rotatable bonds is 3. The zero-order valence-corrected chi connectivity index (χ0v) is 18.1. The summed E-state index contributed by atoms with van der Waals surface area (Å²) in [4.78, 5) is 22.9. The maximum Gasteiger partial charge on any atom is 0.346 e. The van der Waals surface area contributed by atoms with Gasteiger partial charge in [0.15, 0.2) is 5.65 Å². The molecule has 3 N–H and O–H groups in total. The predicted molar refractivity (Wildman–Crippen MR) is 123 cm³/mol. The Labute approximate surface area is 189 Å². The number of carbonyl (C=O) groups excluding carboxylic acids is 1. The first-order valence-corrected chi connectivity index (χ1v) is 10.6. The molecule has 0 spiro atoms. The van der Waals surface area contributed by atoms with Crippen molar-refractivity contribution in [1.82, 2.24) is 19.7 Å². The number of aromatic nitrogens is 3. The number of hydroxylamine groups is 2. The van der Waals surface area contributed by atoms with Crippen LogP contribution in [0.25, 0.3) is 16.8 Å². The summed E-state index contributed by atoms with van der Waals surface area (Å²) >= 11 is 6.00. The topological polar surface area (TPSA) is 97.8 Å². The summed E-state index contributed by atoms with van der Waals surface area (Å²) < 4.78 is 1.64. The number of amides is 2. The lowest BCUT2D eigenvalue weighted by molar-refractivity contribution is -0.0829. The Morgan fingerprint density at radius 2 is 1.94 bits per heavy atom.